The summed E-state index contributed by atoms with van der Waals surface area (Å²) in [6, 6.07) is 0. The van der Waals surface area contributed by atoms with Crippen molar-refractivity contribution in [1.82, 2.24) is 0 Å². The molecule has 0 saturated carbocycles. The first kappa shape index (κ1) is 39.9. The molecule has 0 aromatic heterocycles. The monoisotopic (exact) mass is 460 g/mol. The third-order valence-electron chi connectivity index (χ3n) is 3.77. The van der Waals surface area contributed by atoms with E-state index in [4.69, 9.17) is 20.4 Å². The summed E-state index contributed by atoms with van der Waals surface area (Å²) in [5.41, 5.74) is 0. The molecule has 6 N–H and O–H groups in total. The second kappa shape index (κ2) is 30.7. The molecule has 0 radical (unpaired) electrons. The Balaban J connectivity index is -0.0000000950. The van der Waals surface area contributed by atoms with Crippen LogP contribution < -0.4 is 0 Å². The maximum absolute atomic E-state index is 9.35. The van der Waals surface area contributed by atoms with Crippen LogP contribution in [-0.2, 0) is 21.7 Å². The Morgan fingerprint density at radius 3 is 0.862 bits per heavy atom. The van der Waals surface area contributed by atoms with E-state index in [2.05, 4.69) is 0 Å². The largest absolute Gasteiger partial charge is 0.396 e. The van der Waals surface area contributed by atoms with Crippen LogP contribution in [0, 0.1) is 11.8 Å². The number of hydrogen-bond acceptors (Lipinski definition) is 6. The van der Waals surface area contributed by atoms with Gasteiger partial charge in [0.1, 0.15) is 0 Å². The van der Waals surface area contributed by atoms with Crippen LogP contribution in [0.4, 0.5) is 0 Å². The molecule has 6 nitrogen and oxygen atoms in total. The van der Waals surface area contributed by atoms with Crippen LogP contribution in [0.25, 0.3) is 0 Å². The van der Waals surface area contributed by atoms with E-state index in [9.17, 15) is 10.2 Å². The van der Waals surface area contributed by atoms with Crippen LogP contribution in [0.2, 0.25) is 0 Å². The van der Waals surface area contributed by atoms with Crippen LogP contribution in [0.3, 0.4) is 0 Å². The maximum atomic E-state index is 9.35. The summed E-state index contributed by atoms with van der Waals surface area (Å²) in [5.74, 6) is 0.167. The molecule has 0 aromatic rings. The van der Waals surface area contributed by atoms with Crippen LogP contribution >= 0.6 is 0 Å². The van der Waals surface area contributed by atoms with Gasteiger partial charge in [-0.3, -0.25) is 0 Å². The predicted octanol–water partition coefficient (Wildman–Crippen LogP) is 3.10. The third kappa shape index (κ3) is 39.5. The minimum atomic E-state index is -0.306. The molecule has 0 amide bonds. The molecule has 4 atom stereocenters. The molecular formula is C22H52O6Ti. The average molecular weight is 461 g/mol. The summed E-state index contributed by atoms with van der Waals surface area (Å²) in [5, 5.41) is 52.3. The minimum Gasteiger partial charge on any atom is -0.396 e. The molecule has 0 heterocycles. The van der Waals surface area contributed by atoms with Gasteiger partial charge >= 0.3 is 0 Å². The molecule has 0 spiro atoms. The summed E-state index contributed by atoms with van der Waals surface area (Å²) in [6.45, 7) is 15.1. The SMILES string of the molecule is CC(C)O.CC(C)O.CCCC(O)C(CC)CO.CCCC(O)C(CC)CO.[Ti]. The van der Waals surface area contributed by atoms with Crippen molar-refractivity contribution in [3.8, 4) is 0 Å². The van der Waals surface area contributed by atoms with Crippen LogP contribution in [0.15, 0.2) is 0 Å². The molecule has 0 saturated heterocycles. The Morgan fingerprint density at radius 2 is 0.759 bits per heavy atom. The minimum absolute atomic E-state index is 0. The van der Waals surface area contributed by atoms with E-state index in [-0.39, 0.29) is 71.2 Å². The van der Waals surface area contributed by atoms with Gasteiger partial charge in [-0.05, 0) is 53.4 Å². The first-order valence-electron chi connectivity index (χ1n) is 10.9. The molecule has 0 aliphatic rings. The van der Waals surface area contributed by atoms with E-state index >= 15 is 0 Å². The Kier molecular flexibility index (Phi) is 42.2. The summed E-state index contributed by atoms with van der Waals surface area (Å²) in [6.07, 6.45) is 4.35. The molecule has 29 heavy (non-hydrogen) atoms. The zero-order chi connectivity index (χ0) is 23.1. The number of aliphatic hydroxyl groups excluding tert-OH is 6. The molecule has 0 fully saturated rings. The van der Waals surface area contributed by atoms with Gasteiger partial charge in [-0.2, -0.15) is 0 Å². The molecule has 7 heteroatoms. The van der Waals surface area contributed by atoms with Gasteiger partial charge in [0.05, 0.1) is 12.2 Å². The first-order valence-corrected chi connectivity index (χ1v) is 10.9. The Morgan fingerprint density at radius 1 is 0.552 bits per heavy atom. The van der Waals surface area contributed by atoms with E-state index in [1.165, 1.54) is 0 Å². The van der Waals surface area contributed by atoms with Crippen molar-refractivity contribution in [2.24, 2.45) is 11.8 Å². The quantitative estimate of drug-likeness (QED) is 0.279. The van der Waals surface area contributed by atoms with Crippen molar-refractivity contribution in [2.75, 3.05) is 13.2 Å². The summed E-state index contributed by atoms with van der Waals surface area (Å²) in [4.78, 5) is 0. The van der Waals surface area contributed by atoms with Crippen LogP contribution in [0.1, 0.15) is 93.9 Å². The molecule has 4 unspecified atom stereocenters. The zero-order valence-corrected chi connectivity index (χ0v) is 21.9. The average Bonchev–Trinajstić information content (AvgIpc) is 2.57. The fourth-order valence-electron chi connectivity index (χ4n) is 2.11. The molecule has 0 aromatic carbocycles. The van der Waals surface area contributed by atoms with Crippen molar-refractivity contribution in [3.63, 3.8) is 0 Å². The molecule has 180 valence electrons. The molecule has 0 bridgehead atoms. The second-order valence-electron chi connectivity index (χ2n) is 7.60. The van der Waals surface area contributed by atoms with Crippen LogP contribution in [-0.4, -0.2) is 68.3 Å². The summed E-state index contributed by atoms with van der Waals surface area (Å²) < 4.78 is 0. The molecule has 0 aliphatic heterocycles. The zero-order valence-electron chi connectivity index (χ0n) is 20.3. The van der Waals surface area contributed by atoms with E-state index in [0.717, 1.165) is 38.5 Å². The van der Waals surface area contributed by atoms with E-state index in [0.29, 0.717) is 0 Å². The van der Waals surface area contributed by atoms with Crippen molar-refractivity contribution in [2.45, 2.75) is 118 Å². The topological polar surface area (TPSA) is 121 Å². The first-order chi connectivity index (χ1) is 13.0. The summed E-state index contributed by atoms with van der Waals surface area (Å²) >= 11 is 0. The van der Waals surface area contributed by atoms with Gasteiger partial charge in [-0.1, -0.05) is 40.5 Å². The van der Waals surface area contributed by atoms with Crippen molar-refractivity contribution in [1.29, 1.82) is 0 Å². The summed E-state index contributed by atoms with van der Waals surface area (Å²) in [7, 11) is 0. The van der Waals surface area contributed by atoms with E-state index < -0.39 is 0 Å². The Bertz CT molecular complexity index is 228. The molecule has 0 aliphatic carbocycles. The fourth-order valence-corrected chi connectivity index (χ4v) is 2.11. The second-order valence-corrected chi connectivity index (χ2v) is 7.60. The Hall–Kier alpha value is 0.474. The maximum Gasteiger partial charge on any atom is 0.0590 e. The van der Waals surface area contributed by atoms with Gasteiger partial charge in [0.15, 0.2) is 0 Å². The van der Waals surface area contributed by atoms with Gasteiger partial charge in [0.2, 0.25) is 0 Å². The van der Waals surface area contributed by atoms with Gasteiger partial charge in [0.25, 0.3) is 0 Å². The molecular weight excluding hydrogens is 408 g/mol. The predicted molar refractivity (Wildman–Crippen MR) is 118 cm³/mol. The standard InChI is InChI=1S/2C8H18O2.2C3H8O.Ti/c2*1-3-5-8(10)7(4-2)6-9;2*1-3(2)4;/h2*7-10H,3-6H2,1-2H3;2*3-4H,1-2H3;. The number of rotatable bonds is 10. The van der Waals surface area contributed by atoms with Crippen molar-refractivity contribution in [3.05, 3.63) is 0 Å². The smallest absolute Gasteiger partial charge is 0.0590 e. The van der Waals surface area contributed by atoms with Crippen molar-refractivity contribution < 1.29 is 52.4 Å². The van der Waals surface area contributed by atoms with Crippen molar-refractivity contribution >= 4 is 0 Å². The number of aliphatic hydroxyl groups is 6. The van der Waals surface area contributed by atoms with Crippen LogP contribution in [0.5, 0.6) is 0 Å². The molecule has 0 rings (SSSR count). The number of hydrogen-bond donors (Lipinski definition) is 6. The van der Waals surface area contributed by atoms with E-state index in [1.807, 2.05) is 27.7 Å². The van der Waals surface area contributed by atoms with E-state index in [1.54, 1.807) is 27.7 Å². The Labute approximate surface area is 195 Å². The van der Waals surface area contributed by atoms with Gasteiger partial charge < -0.3 is 30.6 Å². The normalized spacial score (nSPS) is 14.1. The van der Waals surface area contributed by atoms with Gasteiger partial charge in [-0.15, -0.1) is 0 Å². The van der Waals surface area contributed by atoms with Gasteiger partial charge in [-0.25, -0.2) is 0 Å². The van der Waals surface area contributed by atoms with Gasteiger partial charge in [0, 0.05) is 59.0 Å². The fraction of sp³-hybridized carbons (Fsp3) is 1.00. The third-order valence-corrected chi connectivity index (χ3v) is 3.77.